The number of hydrogen-bond acceptors (Lipinski definition) is 2. The molecule has 1 unspecified atom stereocenters. The number of carbonyl (C=O) groups excluding carboxylic acids is 1. The molecule has 0 spiro atoms. The third-order valence-corrected chi connectivity index (χ3v) is 2.36. The molecule has 3 N–H and O–H groups in total. The van der Waals surface area contributed by atoms with Gasteiger partial charge >= 0.3 is 0 Å². The lowest BCUT2D eigenvalue weighted by atomic mass is 10.0. The van der Waals surface area contributed by atoms with Crippen LogP contribution in [0.25, 0.3) is 0 Å². The molecule has 0 radical (unpaired) electrons. The van der Waals surface area contributed by atoms with E-state index in [4.69, 9.17) is 5.73 Å². The van der Waals surface area contributed by atoms with E-state index in [0.717, 1.165) is 18.2 Å². The summed E-state index contributed by atoms with van der Waals surface area (Å²) in [6.45, 7) is 4.65. The second kappa shape index (κ2) is 4.79. The molecule has 0 saturated carbocycles. The topological polar surface area (TPSA) is 55.1 Å². The van der Waals surface area contributed by atoms with Crippen LogP contribution < -0.4 is 11.1 Å². The fourth-order valence-corrected chi connectivity index (χ4v) is 1.31. The number of nitrogens with one attached hydrogen (secondary N) is 1. The van der Waals surface area contributed by atoms with E-state index in [1.807, 2.05) is 0 Å². The van der Waals surface area contributed by atoms with Gasteiger partial charge in [0.15, 0.2) is 0 Å². The summed E-state index contributed by atoms with van der Waals surface area (Å²) in [6, 6.07) is 2.48. The first kappa shape index (κ1) is 13.6. The van der Waals surface area contributed by atoms with Crippen molar-refractivity contribution in [3.63, 3.8) is 0 Å². The van der Waals surface area contributed by atoms with Crippen molar-refractivity contribution < 1.29 is 13.6 Å². The van der Waals surface area contributed by atoms with E-state index in [0.29, 0.717) is 0 Å². The Hall–Kier alpha value is -1.49. The highest BCUT2D eigenvalue weighted by atomic mass is 19.1. The molecule has 17 heavy (non-hydrogen) atoms. The van der Waals surface area contributed by atoms with Crippen LogP contribution in [-0.4, -0.2) is 11.4 Å². The van der Waals surface area contributed by atoms with Gasteiger partial charge < -0.3 is 11.1 Å². The Kier molecular flexibility index (Phi) is 3.83. The molecule has 5 heteroatoms. The average molecular weight is 242 g/mol. The fraction of sp³-hybridized carbons (Fsp3) is 0.417. The molecule has 0 saturated heterocycles. The van der Waals surface area contributed by atoms with Gasteiger partial charge in [0, 0.05) is 5.56 Å². The number of halogens is 2. The van der Waals surface area contributed by atoms with Gasteiger partial charge in [-0.3, -0.25) is 4.79 Å². The molecule has 0 aliphatic heterocycles. The lowest BCUT2D eigenvalue weighted by Crippen LogP contribution is -2.49. The summed E-state index contributed by atoms with van der Waals surface area (Å²) < 4.78 is 26.4. The average Bonchev–Trinajstić information content (AvgIpc) is 2.20. The Labute approximate surface area is 99.0 Å². The summed E-state index contributed by atoms with van der Waals surface area (Å²) in [5, 5.41) is 2.53. The Morgan fingerprint density at radius 3 is 2.53 bits per heavy atom. The van der Waals surface area contributed by atoms with Crippen LogP contribution in [0, 0.1) is 11.6 Å². The molecule has 0 fully saturated rings. The summed E-state index contributed by atoms with van der Waals surface area (Å²) in [5.41, 5.74) is 4.64. The molecule has 1 atom stereocenters. The first-order valence-corrected chi connectivity index (χ1v) is 5.26. The maximum absolute atomic E-state index is 13.4. The first-order valence-electron chi connectivity index (χ1n) is 5.26. The van der Waals surface area contributed by atoms with Gasteiger partial charge in [0.25, 0.3) is 0 Å². The lowest BCUT2D eigenvalue weighted by Gasteiger charge is -2.22. The maximum Gasteiger partial charge on any atom is 0.239 e. The monoisotopic (exact) mass is 242 g/mol. The molecule has 1 amide bonds. The minimum atomic E-state index is -1.06. The van der Waals surface area contributed by atoms with Crippen LogP contribution in [0.5, 0.6) is 0 Å². The number of nitrogens with two attached hydrogens (primary N) is 1. The van der Waals surface area contributed by atoms with Crippen LogP contribution >= 0.6 is 0 Å². The molecule has 0 heterocycles. The van der Waals surface area contributed by atoms with Gasteiger partial charge in [0.1, 0.15) is 11.6 Å². The number of hydrogen-bond donors (Lipinski definition) is 2. The zero-order valence-electron chi connectivity index (χ0n) is 10.1. The van der Waals surface area contributed by atoms with Gasteiger partial charge in [-0.25, -0.2) is 8.78 Å². The standard InChI is InChI=1S/C12H16F2N2O/c1-7(16-11(17)12(2,3)15)9-6-8(13)4-5-10(9)14/h4-7H,15H2,1-3H3,(H,16,17). The minimum absolute atomic E-state index is 0.0996. The Balaban J connectivity index is 2.87. The van der Waals surface area contributed by atoms with Crippen LogP contribution in [0.4, 0.5) is 8.78 Å². The highest BCUT2D eigenvalue weighted by Gasteiger charge is 2.24. The van der Waals surface area contributed by atoms with Gasteiger partial charge in [-0.05, 0) is 39.0 Å². The molecule has 1 aromatic carbocycles. The number of benzene rings is 1. The normalized spacial score (nSPS) is 13.3. The predicted molar refractivity (Wildman–Crippen MR) is 61.2 cm³/mol. The molecule has 3 nitrogen and oxygen atoms in total. The molecule has 0 aliphatic carbocycles. The van der Waals surface area contributed by atoms with Gasteiger partial charge in [-0.1, -0.05) is 0 Å². The van der Waals surface area contributed by atoms with Crippen molar-refractivity contribution in [2.24, 2.45) is 5.73 Å². The lowest BCUT2D eigenvalue weighted by molar-refractivity contribution is -0.125. The van der Waals surface area contributed by atoms with E-state index in [2.05, 4.69) is 5.32 Å². The second-order valence-corrected chi connectivity index (χ2v) is 4.58. The fourth-order valence-electron chi connectivity index (χ4n) is 1.31. The van der Waals surface area contributed by atoms with Crippen LogP contribution in [0.2, 0.25) is 0 Å². The zero-order valence-corrected chi connectivity index (χ0v) is 10.1. The van der Waals surface area contributed by atoms with Gasteiger partial charge in [0.05, 0.1) is 11.6 Å². The largest absolute Gasteiger partial charge is 0.348 e. The summed E-state index contributed by atoms with van der Waals surface area (Å²) in [7, 11) is 0. The third-order valence-electron chi connectivity index (χ3n) is 2.36. The smallest absolute Gasteiger partial charge is 0.239 e. The number of rotatable bonds is 3. The van der Waals surface area contributed by atoms with Crippen LogP contribution in [-0.2, 0) is 4.79 Å². The summed E-state index contributed by atoms with van der Waals surface area (Å²) in [4.78, 5) is 11.6. The molecular formula is C12H16F2N2O. The Morgan fingerprint density at radius 1 is 1.41 bits per heavy atom. The number of amides is 1. The van der Waals surface area contributed by atoms with Crippen LogP contribution in [0.3, 0.4) is 0 Å². The van der Waals surface area contributed by atoms with Crippen molar-refractivity contribution in [2.75, 3.05) is 0 Å². The summed E-state index contributed by atoms with van der Waals surface area (Å²) in [6.07, 6.45) is 0. The second-order valence-electron chi connectivity index (χ2n) is 4.58. The Morgan fingerprint density at radius 2 is 2.00 bits per heavy atom. The van der Waals surface area contributed by atoms with Crippen molar-refractivity contribution >= 4 is 5.91 Å². The van der Waals surface area contributed by atoms with Crippen LogP contribution in [0.15, 0.2) is 18.2 Å². The molecule has 94 valence electrons. The van der Waals surface area contributed by atoms with Gasteiger partial charge in [0.2, 0.25) is 5.91 Å². The van der Waals surface area contributed by atoms with Gasteiger partial charge in [-0.15, -0.1) is 0 Å². The van der Waals surface area contributed by atoms with E-state index in [-0.39, 0.29) is 5.56 Å². The minimum Gasteiger partial charge on any atom is -0.348 e. The van der Waals surface area contributed by atoms with Crippen molar-refractivity contribution in [1.82, 2.24) is 5.32 Å². The summed E-state index contributed by atoms with van der Waals surface area (Å²) >= 11 is 0. The van der Waals surface area contributed by atoms with E-state index >= 15 is 0 Å². The SMILES string of the molecule is CC(NC(=O)C(C)(C)N)c1cc(F)ccc1F. The molecule has 1 rings (SSSR count). The van der Waals surface area contributed by atoms with Crippen LogP contribution in [0.1, 0.15) is 32.4 Å². The van der Waals surface area contributed by atoms with Crippen molar-refractivity contribution in [3.8, 4) is 0 Å². The highest BCUT2D eigenvalue weighted by molar-refractivity contribution is 5.85. The molecule has 1 aromatic rings. The van der Waals surface area contributed by atoms with Crippen molar-refractivity contribution in [2.45, 2.75) is 32.4 Å². The van der Waals surface area contributed by atoms with E-state index in [1.165, 1.54) is 13.8 Å². The Bertz CT molecular complexity index is 427. The van der Waals surface area contributed by atoms with E-state index in [1.54, 1.807) is 6.92 Å². The summed E-state index contributed by atoms with van der Waals surface area (Å²) in [5.74, 6) is -1.53. The predicted octanol–water partition coefficient (Wildman–Crippen LogP) is 1.88. The maximum atomic E-state index is 13.4. The van der Waals surface area contributed by atoms with E-state index < -0.39 is 29.1 Å². The molecule has 0 aromatic heterocycles. The quantitative estimate of drug-likeness (QED) is 0.850. The van der Waals surface area contributed by atoms with Crippen molar-refractivity contribution in [3.05, 3.63) is 35.4 Å². The first-order chi connectivity index (χ1) is 7.71. The molecule has 0 aliphatic rings. The number of carbonyl (C=O) groups is 1. The zero-order chi connectivity index (χ0) is 13.2. The molecule has 0 bridgehead atoms. The highest BCUT2D eigenvalue weighted by Crippen LogP contribution is 2.18. The van der Waals surface area contributed by atoms with E-state index in [9.17, 15) is 13.6 Å². The molecular weight excluding hydrogens is 226 g/mol. The third kappa shape index (κ3) is 3.49. The van der Waals surface area contributed by atoms with Crippen molar-refractivity contribution in [1.29, 1.82) is 0 Å². The van der Waals surface area contributed by atoms with Gasteiger partial charge in [-0.2, -0.15) is 0 Å².